The highest BCUT2D eigenvalue weighted by Crippen LogP contribution is 2.29. The average molecular weight is 297 g/mol. The molecule has 0 aliphatic carbocycles. The number of methoxy groups -OCH3 is 1. The van der Waals surface area contributed by atoms with E-state index in [1.54, 1.807) is 19.4 Å². The maximum atomic E-state index is 5.61. The SMILES string of the molecule is COc1ccc2c(n1)sc1nc(-c3ccc(N)nc3)cn12. The van der Waals surface area contributed by atoms with E-state index in [9.17, 15) is 0 Å². The van der Waals surface area contributed by atoms with Crippen LogP contribution in [0.3, 0.4) is 0 Å². The third kappa shape index (κ3) is 1.90. The highest BCUT2D eigenvalue weighted by molar-refractivity contribution is 7.23. The number of nitrogens with zero attached hydrogens (tertiary/aromatic N) is 4. The van der Waals surface area contributed by atoms with Crippen LogP contribution in [0.5, 0.6) is 5.88 Å². The third-order valence-corrected chi connectivity index (χ3v) is 4.19. The van der Waals surface area contributed by atoms with Gasteiger partial charge in [0.1, 0.15) is 10.6 Å². The molecule has 0 amide bonds. The fraction of sp³-hybridized carbons (Fsp3) is 0.0714. The molecule has 0 saturated carbocycles. The number of anilines is 1. The van der Waals surface area contributed by atoms with Gasteiger partial charge in [-0.25, -0.2) is 15.0 Å². The summed E-state index contributed by atoms with van der Waals surface area (Å²) in [5.74, 6) is 1.11. The van der Waals surface area contributed by atoms with E-state index >= 15 is 0 Å². The van der Waals surface area contributed by atoms with E-state index in [4.69, 9.17) is 10.5 Å². The van der Waals surface area contributed by atoms with Crippen LogP contribution in [-0.2, 0) is 0 Å². The monoisotopic (exact) mass is 297 g/mol. The molecule has 4 aromatic heterocycles. The van der Waals surface area contributed by atoms with Gasteiger partial charge < -0.3 is 10.5 Å². The summed E-state index contributed by atoms with van der Waals surface area (Å²) in [6, 6.07) is 7.52. The molecule has 0 aliphatic rings. The Labute approximate surface area is 123 Å². The number of nitrogens with two attached hydrogens (primary N) is 1. The Morgan fingerprint density at radius 2 is 2.10 bits per heavy atom. The van der Waals surface area contributed by atoms with Gasteiger partial charge in [0, 0.05) is 24.0 Å². The van der Waals surface area contributed by atoms with Crippen molar-refractivity contribution in [3.8, 4) is 17.1 Å². The van der Waals surface area contributed by atoms with Gasteiger partial charge in [0.05, 0.1) is 18.3 Å². The van der Waals surface area contributed by atoms with Crippen LogP contribution >= 0.6 is 11.3 Å². The van der Waals surface area contributed by atoms with Gasteiger partial charge >= 0.3 is 0 Å². The second-order valence-corrected chi connectivity index (χ2v) is 5.49. The molecule has 0 unspecified atom stereocenters. The van der Waals surface area contributed by atoms with Gasteiger partial charge in [0.15, 0.2) is 4.96 Å². The molecule has 2 N–H and O–H groups in total. The zero-order valence-corrected chi connectivity index (χ0v) is 12.0. The molecule has 0 spiro atoms. The van der Waals surface area contributed by atoms with Gasteiger partial charge in [-0.1, -0.05) is 11.3 Å². The largest absolute Gasteiger partial charge is 0.481 e. The topological polar surface area (TPSA) is 78.3 Å². The van der Waals surface area contributed by atoms with Gasteiger partial charge in [-0.2, -0.15) is 0 Å². The highest BCUT2D eigenvalue weighted by Gasteiger charge is 2.11. The molecule has 21 heavy (non-hydrogen) atoms. The molecule has 0 aliphatic heterocycles. The first-order valence-corrected chi connectivity index (χ1v) is 7.11. The number of nitrogen functional groups attached to an aromatic ring is 1. The molecule has 0 fully saturated rings. The van der Waals surface area contributed by atoms with Crippen molar-refractivity contribution in [2.45, 2.75) is 0 Å². The van der Waals surface area contributed by atoms with Crippen molar-refractivity contribution in [2.24, 2.45) is 0 Å². The van der Waals surface area contributed by atoms with Crippen LogP contribution in [0, 0.1) is 0 Å². The van der Waals surface area contributed by atoms with Crippen LogP contribution in [0.4, 0.5) is 5.82 Å². The molecule has 4 aromatic rings. The molecule has 7 heteroatoms. The molecule has 104 valence electrons. The van der Waals surface area contributed by atoms with Crippen molar-refractivity contribution in [3.05, 3.63) is 36.7 Å². The first-order chi connectivity index (χ1) is 10.2. The van der Waals surface area contributed by atoms with Crippen molar-refractivity contribution in [2.75, 3.05) is 12.8 Å². The summed E-state index contributed by atoms with van der Waals surface area (Å²) in [4.78, 5) is 14.9. The van der Waals surface area contributed by atoms with E-state index in [1.807, 2.05) is 28.8 Å². The lowest BCUT2D eigenvalue weighted by Gasteiger charge is -1.97. The first-order valence-electron chi connectivity index (χ1n) is 6.29. The first kappa shape index (κ1) is 12.1. The van der Waals surface area contributed by atoms with Crippen LogP contribution in [0.25, 0.3) is 26.6 Å². The number of pyridine rings is 2. The van der Waals surface area contributed by atoms with Crippen molar-refractivity contribution in [1.82, 2.24) is 19.4 Å². The number of thiazole rings is 1. The van der Waals surface area contributed by atoms with Crippen LogP contribution in [0.2, 0.25) is 0 Å². The minimum Gasteiger partial charge on any atom is -0.481 e. The molecule has 0 bridgehead atoms. The molecular weight excluding hydrogens is 286 g/mol. The molecule has 0 radical (unpaired) electrons. The smallest absolute Gasteiger partial charge is 0.214 e. The molecule has 4 rings (SSSR count). The Kier molecular flexibility index (Phi) is 2.55. The number of fused-ring (bicyclic) bond motifs is 3. The highest BCUT2D eigenvalue weighted by atomic mass is 32.1. The van der Waals surface area contributed by atoms with Gasteiger partial charge in [-0.3, -0.25) is 4.40 Å². The van der Waals surface area contributed by atoms with Crippen molar-refractivity contribution in [1.29, 1.82) is 0 Å². The Morgan fingerprint density at radius 1 is 1.19 bits per heavy atom. The zero-order valence-electron chi connectivity index (χ0n) is 11.1. The van der Waals surface area contributed by atoms with E-state index in [0.717, 1.165) is 26.6 Å². The molecule has 6 nitrogen and oxygen atoms in total. The number of imidazole rings is 1. The maximum absolute atomic E-state index is 5.61. The Balaban J connectivity index is 1.88. The Morgan fingerprint density at radius 3 is 2.86 bits per heavy atom. The molecule has 4 heterocycles. The van der Waals surface area contributed by atoms with Gasteiger partial charge in [-0.15, -0.1) is 0 Å². The quantitative estimate of drug-likeness (QED) is 0.615. The van der Waals surface area contributed by atoms with Crippen molar-refractivity contribution >= 4 is 32.5 Å². The Hall–Kier alpha value is -2.67. The number of ether oxygens (including phenoxy) is 1. The lowest BCUT2D eigenvalue weighted by Crippen LogP contribution is -1.89. The summed E-state index contributed by atoms with van der Waals surface area (Å²) in [7, 11) is 1.61. The molecule has 0 aromatic carbocycles. The van der Waals surface area contributed by atoms with E-state index in [1.165, 1.54) is 11.3 Å². The molecule has 0 atom stereocenters. The normalized spacial score (nSPS) is 11.3. The zero-order chi connectivity index (χ0) is 14.4. The fourth-order valence-electron chi connectivity index (χ4n) is 2.18. The van der Waals surface area contributed by atoms with Gasteiger partial charge in [0.2, 0.25) is 5.88 Å². The van der Waals surface area contributed by atoms with Crippen molar-refractivity contribution < 1.29 is 4.74 Å². The maximum Gasteiger partial charge on any atom is 0.214 e. The van der Waals surface area contributed by atoms with Crippen LogP contribution < -0.4 is 10.5 Å². The average Bonchev–Trinajstić information content (AvgIpc) is 3.04. The lowest BCUT2D eigenvalue weighted by atomic mass is 10.2. The number of hydrogen-bond donors (Lipinski definition) is 1. The van der Waals surface area contributed by atoms with Gasteiger partial charge in [-0.05, 0) is 18.2 Å². The predicted octanol–water partition coefficient (Wildman–Crippen LogP) is 2.60. The lowest BCUT2D eigenvalue weighted by molar-refractivity contribution is 0.400. The minimum atomic E-state index is 0.501. The summed E-state index contributed by atoms with van der Waals surface area (Å²) in [6.45, 7) is 0. The number of aromatic nitrogens is 4. The second-order valence-electron chi connectivity index (χ2n) is 4.53. The fourth-order valence-corrected chi connectivity index (χ4v) is 3.15. The van der Waals surface area contributed by atoms with Crippen molar-refractivity contribution in [3.63, 3.8) is 0 Å². The van der Waals surface area contributed by atoms with Crippen LogP contribution in [-0.4, -0.2) is 26.5 Å². The predicted molar refractivity (Wildman–Crippen MR) is 82.6 cm³/mol. The van der Waals surface area contributed by atoms with Gasteiger partial charge in [0.25, 0.3) is 0 Å². The summed E-state index contributed by atoms with van der Waals surface area (Å²) in [5, 5.41) is 0. The summed E-state index contributed by atoms with van der Waals surface area (Å²) in [5.41, 5.74) is 8.43. The Bertz CT molecular complexity index is 941. The standard InChI is InChI=1S/C14H11N5OS/c1-20-12-5-3-10-13(18-12)21-14-17-9(7-19(10)14)8-2-4-11(15)16-6-8/h2-7H,1H3,(H2,15,16). The minimum absolute atomic E-state index is 0.501. The molecular formula is C14H11N5OS. The summed E-state index contributed by atoms with van der Waals surface area (Å²) < 4.78 is 7.17. The number of rotatable bonds is 2. The van der Waals surface area contributed by atoms with E-state index < -0.39 is 0 Å². The van der Waals surface area contributed by atoms with E-state index in [-0.39, 0.29) is 0 Å². The third-order valence-electron chi connectivity index (χ3n) is 3.23. The van der Waals surface area contributed by atoms with Crippen LogP contribution in [0.1, 0.15) is 0 Å². The summed E-state index contributed by atoms with van der Waals surface area (Å²) in [6.07, 6.45) is 3.71. The number of hydrogen-bond acceptors (Lipinski definition) is 6. The van der Waals surface area contributed by atoms with Crippen LogP contribution in [0.15, 0.2) is 36.7 Å². The summed E-state index contributed by atoms with van der Waals surface area (Å²) >= 11 is 1.53. The molecule has 0 saturated heterocycles. The second kappa shape index (κ2) is 4.42. The van der Waals surface area contributed by atoms with E-state index in [0.29, 0.717) is 11.7 Å². The van der Waals surface area contributed by atoms with E-state index in [2.05, 4.69) is 15.0 Å².